The fraction of sp³-hybridized carbons (Fsp3) is 0.200. The fourth-order valence-electron chi connectivity index (χ4n) is 4.58. The minimum Gasteiger partial charge on any atom is -0.373 e. The number of benzene rings is 3. The van der Waals surface area contributed by atoms with E-state index < -0.39 is 0 Å². The first-order valence-electron chi connectivity index (χ1n) is 9.41. The van der Waals surface area contributed by atoms with Crippen LogP contribution in [-0.4, -0.2) is 6.61 Å². The minimum atomic E-state index is 0.204. The van der Waals surface area contributed by atoms with Gasteiger partial charge in [-0.05, 0) is 40.2 Å². The lowest BCUT2D eigenvalue weighted by Gasteiger charge is -2.19. The fourth-order valence-corrected chi connectivity index (χ4v) is 4.58. The van der Waals surface area contributed by atoms with Crippen LogP contribution in [0.1, 0.15) is 28.4 Å². The first-order valence-corrected chi connectivity index (χ1v) is 9.41. The molecule has 1 heteroatoms. The van der Waals surface area contributed by atoms with Gasteiger partial charge in [0.25, 0.3) is 0 Å². The highest BCUT2D eigenvalue weighted by Crippen LogP contribution is 2.54. The topological polar surface area (TPSA) is 9.23 Å². The number of hydrogen-bond acceptors (Lipinski definition) is 1. The van der Waals surface area contributed by atoms with E-state index in [4.69, 9.17) is 4.74 Å². The van der Waals surface area contributed by atoms with Gasteiger partial charge in [0.1, 0.15) is 0 Å². The Morgan fingerprint density at radius 1 is 0.808 bits per heavy atom. The van der Waals surface area contributed by atoms with Gasteiger partial charge in [-0.2, -0.15) is 0 Å². The van der Waals surface area contributed by atoms with Crippen LogP contribution in [0.25, 0.3) is 11.6 Å². The lowest BCUT2D eigenvalue weighted by Crippen LogP contribution is -2.14. The summed E-state index contributed by atoms with van der Waals surface area (Å²) >= 11 is 0. The van der Waals surface area contributed by atoms with Crippen LogP contribution in [-0.2, 0) is 11.2 Å². The summed E-state index contributed by atoms with van der Waals surface area (Å²) in [6.45, 7) is 0.838. The summed E-state index contributed by atoms with van der Waals surface area (Å²) in [7, 11) is 0. The van der Waals surface area contributed by atoms with Crippen LogP contribution in [0.4, 0.5) is 0 Å². The molecule has 1 nitrogen and oxygen atoms in total. The Bertz CT molecular complexity index is 927. The van der Waals surface area contributed by atoms with Crippen LogP contribution < -0.4 is 0 Å². The van der Waals surface area contributed by atoms with Crippen molar-refractivity contribution in [3.8, 4) is 0 Å². The summed E-state index contributed by atoms with van der Waals surface area (Å²) in [5, 5.41) is 0. The maximum atomic E-state index is 6.32. The van der Waals surface area contributed by atoms with Gasteiger partial charge in [0.15, 0.2) is 0 Å². The summed E-state index contributed by atoms with van der Waals surface area (Å²) in [5.74, 6) is 0.956. The van der Waals surface area contributed by atoms with Crippen LogP contribution in [0.5, 0.6) is 0 Å². The van der Waals surface area contributed by atoms with Gasteiger partial charge in [-0.15, -0.1) is 0 Å². The Labute approximate surface area is 155 Å². The highest BCUT2D eigenvalue weighted by molar-refractivity contribution is 5.87. The monoisotopic (exact) mass is 338 g/mol. The highest BCUT2D eigenvalue weighted by Gasteiger charge is 2.46. The van der Waals surface area contributed by atoms with Crippen LogP contribution >= 0.6 is 0 Å². The molecule has 1 aliphatic heterocycles. The molecular weight excluding hydrogens is 316 g/mol. The van der Waals surface area contributed by atoms with E-state index in [-0.39, 0.29) is 6.10 Å². The zero-order valence-corrected chi connectivity index (χ0v) is 14.7. The molecule has 2 aliphatic rings. The maximum Gasteiger partial charge on any atom is 0.0903 e. The number of rotatable bonds is 3. The summed E-state index contributed by atoms with van der Waals surface area (Å²) in [6.07, 6.45) is 3.65. The third-order valence-corrected chi connectivity index (χ3v) is 5.72. The normalized spacial score (nSPS) is 25.2. The predicted molar refractivity (Wildman–Crippen MR) is 107 cm³/mol. The molecule has 0 spiro atoms. The molecular formula is C25H22O. The van der Waals surface area contributed by atoms with Crippen LogP contribution in [0.2, 0.25) is 0 Å². The van der Waals surface area contributed by atoms with Crippen molar-refractivity contribution in [2.45, 2.75) is 12.5 Å². The molecule has 128 valence electrons. The van der Waals surface area contributed by atoms with Gasteiger partial charge in [-0.1, -0.05) is 91.0 Å². The molecule has 0 N–H and O–H groups in total. The van der Waals surface area contributed by atoms with Crippen molar-refractivity contribution >= 4 is 11.6 Å². The Balaban J connectivity index is 1.56. The van der Waals surface area contributed by atoms with Gasteiger partial charge >= 0.3 is 0 Å². The molecule has 5 rings (SSSR count). The van der Waals surface area contributed by atoms with Crippen LogP contribution in [0, 0.1) is 11.8 Å². The SMILES string of the molecule is C(=C1/c2ccccc2[C@H]2OC[C@@H](Cc3ccccc3)[C@@H]12)/c1ccccc1. The van der Waals surface area contributed by atoms with Gasteiger partial charge in [-0.3, -0.25) is 0 Å². The largest absolute Gasteiger partial charge is 0.373 e. The molecule has 0 bridgehead atoms. The summed E-state index contributed by atoms with van der Waals surface area (Å²) < 4.78 is 6.32. The summed E-state index contributed by atoms with van der Waals surface area (Å²) in [4.78, 5) is 0. The van der Waals surface area contributed by atoms with Gasteiger partial charge in [0.05, 0.1) is 12.7 Å². The molecule has 0 amide bonds. The summed E-state index contributed by atoms with van der Waals surface area (Å²) in [5.41, 5.74) is 6.83. The first kappa shape index (κ1) is 15.6. The molecule has 0 unspecified atom stereocenters. The molecule has 3 aromatic carbocycles. The van der Waals surface area contributed by atoms with E-state index >= 15 is 0 Å². The van der Waals surface area contributed by atoms with Gasteiger partial charge in [0.2, 0.25) is 0 Å². The molecule has 1 heterocycles. The smallest absolute Gasteiger partial charge is 0.0903 e. The van der Waals surface area contributed by atoms with E-state index in [1.54, 1.807) is 0 Å². The molecule has 1 saturated heterocycles. The lowest BCUT2D eigenvalue weighted by atomic mass is 9.83. The van der Waals surface area contributed by atoms with Crippen molar-refractivity contribution in [1.82, 2.24) is 0 Å². The first-order chi connectivity index (χ1) is 12.9. The summed E-state index contributed by atoms with van der Waals surface area (Å²) in [6, 6.07) is 30.2. The van der Waals surface area contributed by atoms with Crippen LogP contribution in [0.3, 0.4) is 0 Å². The Kier molecular flexibility index (Phi) is 3.95. The third kappa shape index (κ3) is 2.69. The van der Waals surface area contributed by atoms with Crippen molar-refractivity contribution in [3.63, 3.8) is 0 Å². The van der Waals surface area contributed by atoms with Crippen molar-refractivity contribution < 1.29 is 4.74 Å². The van der Waals surface area contributed by atoms with Crippen molar-refractivity contribution in [1.29, 1.82) is 0 Å². The molecule has 0 saturated carbocycles. The van der Waals surface area contributed by atoms with E-state index in [2.05, 4.69) is 91.0 Å². The molecule has 1 aliphatic carbocycles. The molecule has 3 aromatic rings. The molecule has 0 aromatic heterocycles. The predicted octanol–water partition coefficient (Wildman–Crippen LogP) is 5.79. The molecule has 3 atom stereocenters. The molecule has 26 heavy (non-hydrogen) atoms. The van der Waals surface area contributed by atoms with Crippen LogP contribution in [0.15, 0.2) is 84.9 Å². The van der Waals surface area contributed by atoms with Gasteiger partial charge < -0.3 is 4.74 Å². The second-order valence-electron chi connectivity index (χ2n) is 7.33. The highest BCUT2D eigenvalue weighted by atomic mass is 16.5. The molecule has 0 radical (unpaired) electrons. The minimum absolute atomic E-state index is 0.204. The van der Waals surface area contributed by atoms with Crippen molar-refractivity contribution in [3.05, 3.63) is 107 Å². The number of hydrogen-bond donors (Lipinski definition) is 0. The van der Waals surface area contributed by atoms with E-state index in [0.29, 0.717) is 11.8 Å². The second-order valence-corrected chi connectivity index (χ2v) is 7.33. The average Bonchev–Trinajstić information content (AvgIpc) is 3.24. The third-order valence-electron chi connectivity index (χ3n) is 5.72. The Morgan fingerprint density at radius 2 is 1.50 bits per heavy atom. The molecule has 1 fully saturated rings. The number of ether oxygens (including phenoxy) is 1. The van der Waals surface area contributed by atoms with E-state index in [1.807, 2.05) is 0 Å². The zero-order chi connectivity index (χ0) is 17.3. The zero-order valence-electron chi connectivity index (χ0n) is 14.7. The van der Waals surface area contributed by atoms with E-state index in [0.717, 1.165) is 13.0 Å². The van der Waals surface area contributed by atoms with Crippen molar-refractivity contribution in [2.75, 3.05) is 6.61 Å². The number of fused-ring (bicyclic) bond motifs is 3. The maximum absolute atomic E-state index is 6.32. The second kappa shape index (κ2) is 6.59. The quantitative estimate of drug-likeness (QED) is 0.587. The van der Waals surface area contributed by atoms with E-state index in [9.17, 15) is 0 Å². The van der Waals surface area contributed by atoms with Crippen molar-refractivity contribution in [2.24, 2.45) is 11.8 Å². The lowest BCUT2D eigenvalue weighted by molar-refractivity contribution is 0.102. The van der Waals surface area contributed by atoms with E-state index in [1.165, 1.54) is 27.8 Å². The van der Waals surface area contributed by atoms with Gasteiger partial charge in [0, 0.05) is 5.92 Å². The Hall–Kier alpha value is -2.64. The average molecular weight is 338 g/mol. The van der Waals surface area contributed by atoms with Gasteiger partial charge in [-0.25, -0.2) is 0 Å². The Morgan fingerprint density at radius 3 is 2.31 bits per heavy atom. The standard InChI is InChI=1S/C25H22O/c1-3-9-18(10-4-1)15-20-17-26-25-22-14-8-7-13-21(22)23(24(20)25)16-19-11-5-2-6-12-19/h1-14,16,20,24-25H,15,17H2/b23-16+/t20-,24+,25-/m1/s1.